The second-order valence-electron chi connectivity index (χ2n) is 6.50. The molecular weight excluding hydrogens is 254 g/mol. The van der Waals surface area contributed by atoms with Gasteiger partial charge in [-0.1, -0.05) is 20.8 Å². The van der Waals surface area contributed by atoms with Gasteiger partial charge >= 0.3 is 6.09 Å². The summed E-state index contributed by atoms with van der Waals surface area (Å²) in [7, 11) is 0. The van der Waals surface area contributed by atoms with Crippen LogP contribution in [0.4, 0.5) is 4.79 Å². The van der Waals surface area contributed by atoms with E-state index in [4.69, 9.17) is 4.74 Å². The van der Waals surface area contributed by atoms with Crippen LogP contribution in [0.3, 0.4) is 0 Å². The second kappa shape index (κ2) is 6.77. The van der Waals surface area contributed by atoms with Crippen LogP contribution in [0.1, 0.15) is 53.0 Å². The van der Waals surface area contributed by atoms with Crippen LogP contribution in [0.2, 0.25) is 0 Å². The van der Waals surface area contributed by atoms with Crippen LogP contribution in [-0.4, -0.2) is 28.0 Å². The van der Waals surface area contributed by atoms with Gasteiger partial charge in [-0.2, -0.15) is 5.10 Å². The van der Waals surface area contributed by atoms with Gasteiger partial charge in [0, 0.05) is 12.7 Å². The summed E-state index contributed by atoms with van der Waals surface area (Å²) in [6.45, 7) is 13.3. The van der Waals surface area contributed by atoms with Crippen LogP contribution in [-0.2, 0) is 11.3 Å². The molecule has 0 aliphatic heterocycles. The summed E-state index contributed by atoms with van der Waals surface area (Å²) in [6, 6.07) is 0. The van der Waals surface area contributed by atoms with Gasteiger partial charge in [-0.05, 0) is 38.2 Å². The Hall–Kier alpha value is -1.52. The van der Waals surface area contributed by atoms with Crippen LogP contribution in [0.5, 0.6) is 0 Å². The SMILES string of the molecule is CC(C)C(C)c1cnn(CCNC(=O)OC(C)(C)C)c1. The number of nitrogens with one attached hydrogen (secondary N) is 1. The van der Waals surface area contributed by atoms with E-state index in [1.807, 2.05) is 37.8 Å². The van der Waals surface area contributed by atoms with Gasteiger partial charge in [0.2, 0.25) is 0 Å². The monoisotopic (exact) mass is 281 g/mol. The molecule has 1 rings (SSSR count). The van der Waals surface area contributed by atoms with Gasteiger partial charge in [0.1, 0.15) is 5.60 Å². The molecule has 1 unspecified atom stereocenters. The summed E-state index contributed by atoms with van der Waals surface area (Å²) >= 11 is 0. The van der Waals surface area contributed by atoms with E-state index in [9.17, 15) is 4.79 Å². The lowest BCUT2D eigenvalue weighted by Crippen LogP contribution is -2.34. The van der Waals surface area contributed by atoms with Crippen molar-refractivity contribution in [3.8, 4) is 0 Å². The predicted molar refractivity (Wildman–Crippen MR) is 79.7 cm³/mol. The Morgan fingerprint density at radius 3 is 2.60 bits per heavy atom. The summed E-state index contributed by atoms with van der Waals surface area (Å²) in [5, 5.41) is 7.04. The average molecular weight is 281 g/mol. The van der Waals surface area contributed by atoms with Gasteiger partial charge < -0.3 is 10.1 Å². The minimum Gasteiger partial charge on any atom is -0.444 e. The predicted octanol–water partition coefficient (Wildman–Crippen LogP) is 3.17. The van der Waals surface area contributed by atoms with Crippen molar-refractivity contribution >= 4 is 6.09 Å². The molecule has 5 heteroatoms. The van der Waals surface area contributed by atoms with Gasteiger partial charge in [-0.25, -0.2) is 4.79 Å². The number of ether oxygens (including phenoxy) is 1. The Morgan fingerprint density at radius 2 is 2.05 bits per heavy atom. The number of nitrogens with zero attached hydrogens (tertiary/aromatic N) is 2. The second-order valence-corrected chi connectivity index (χ2v) is 6.50. The van der Waals surface area contributed by atoms with Gasteiger partial charge in [-0.3, -0.25) is 4.68 Å². The Bertz CT molecular complexity index is 433. The molecule has 1 N–H and O–H groups in total. The number of amides is 1. The highest BCUT2D eigenvalue weighted by Crippen LogP contribution is 2.22. The van der Waals surface area contributed by atoms with Crippen LogP contribution >= 0.6 is 0 Å². The highest BCUT2D eigenvalue weighted by molar-refractivity contribution is 5.67. The third-order valence-electron chi connectivity index (χ3n) is 3.19. The smallest absolute Gasteiger partial charge is 0.407 e. The van der Waals surface area contributed by atoms with Gasteiger partial charge in [-0.15, -0.1) is 0 Å². The normalized spacial score (nSPS) is 13.3. The number of aromatic nitrogens is 2. The van der Waals surface area contributed by atoms with E-state index in [1.54, 1.807) is 0 Å². The largest absolute Gasteiger partial charge is 0.444 e. The van der Waals surface area contributed by atoms with E-state index in [0.717, 1.165) is 0 Å². The maximum Gasteiger partial charge on any atom is 0.407 e. The molecule has 0 aliphatic rings. The van der Waals surface area contributed by atoms with E-state index >= 15 is 0 Å². The van der Waals surface area contributed by atoms with E-state index in [2.05, 4.69) is 31.2 Å². The van der Waals surface area contributed by atoms with E-state index < -0.39 is 5.60 Å². The molecule has 1 atom stereocenters. The Balaban J connectivity index is 2.38. The maximum absolute atomic E-state index is 11.5. The van der Waals surface area contributed by atoms with Crippen molar-refractivity contribution < 1.29 is 9.53 Å². The first-order valence-electron chi connectivity index (χ1n) is 7.18. The van der Waals surface area contributed by atoms with Gasteiger partial charge in [0.05, 0.1) is 12.7 Å². The van der Waals surface area contributed by atoms with Crippen molar-refractivity contribution in [3.05, 3.63) is 18.0 Å². The molecule has 0 fully saturated rings. The van der Waals surface area contributed by atoms with Gasteiger partial charge in [0.15, 0.2) is 0 Å². The number of hydrogen-bond donors (Lipinski definition) is 1. The highest BCUT2D eigenvalue weighted by Gasteiger charge is 2.16. The topological polar surface area (TPSA) is 56.2 Å². The number of rotatable bonds is 5. The van der Waals surface area contributed by atoms with Crippen molar-refractivity contribution in [1.29, 1.82) is 0 Å². The molecule has 0 aromatic carbocycles. The summed E-state index contributed by atoms with van der Waals surface area (Å²) in [6.07, 6.45) is 3.56. The zero-order valence-electron chi connectivity index (χ0n) is 13.4. The zero-order chi connectivity index (χ0) is 15.3. The molecule has 1 aromatic rings. The van der Waals surface area contributed by atoms with Gasteiger partial charge in [0.25, 0.3) is 0 Å². The van der Waals surface area contributed by atoms with Crippen molar-refractivity contribution in [1.82, 2.24) is 15.1 Å². The van der Waals surface area contributed by atoms with Crippen molar-refractivity contribution in [2.75, 3.05) is 6.54 Å². The number of alkyl carbamates (subject to hydrolysis) is 1. The number of carbonyl (C=O) groups excluding carboxylic acids is 1. The zero-order valence-corrected chi connectivity index (χ0v) is 13.4. The van der Waals surface area contributed by atoms with Crippen LogP contribution in [0, 0.1) is 5.92 Å². The summed E-state index contributed by atoms with van der Waals surface area (Å²) in [5.41, 5.74) is 0.771. The average Bonchev–Trinajstić information content (AvgIpc) is 2.74. The van der Waals surface area contributed by atoms with Crippen molar-refractivity contribution in [2.24, 2.45) is 5.92 Å². The number of carbonyl (C=O) groups is 1. The molecule has 0 aliphatic carbocycles. The maximum atomic E-state index is 11.5. The molecule has 1 heterocycles. The highest BCUT2D eigenvalue weighted by atomic mass is 16.6. The molecule has 5 nitrogen and oxygen atoms in total. The van der Waals surface area contributed by atoms with E-state index in [-0.39, 0.29) is 6.09 Å². The third-order valence-corrected chi connectivity index (χ3v) is 3.19. The number of hydrogen-bond acceptors (Lipinski definition) is 3. The quantitative estimate of drug-likeness (QED) is 0.902. The minimum atomic E-state index is -0.463. The first kappa shape index (κ1) is 16.5. The van der Waals surface area contributed by atoms with E-state index in [1.165, 1.54) is 5.56 Å². The molecule has 0 radical (unpaired) electrons. The molecule has 0 saturated carbocycles. The van der Waals surface area contributed by atoms with Crippen molar-refractivity contribution in [2.45, 2.75) is 59.6 Å². The Labute approximate surface area is 121 Å². The minimum absolute atomic E-state index is 0.388. The lowest BCUT2D eigenvalue weighted by atomic mass is 9.93. The molecule has 0 saturated heterocycles. The fourth-order valence-electron chi connectivity index (χ4n) is 1.71. The Morgan fingerprint density at radius 1 is 1.40 bits per heavy atom. The van der Waals surface area contributed by atoms with Crippen LogP contribution in [0.25, 0.3) is 0 Å². The molecular formula is C15H27N3O2. The molecule has 0 spiro atoms. The summed E-state index contributed by atoms with van der Waals surface area (Å²) < 4.78 is 7.02. The fraction of sp³-hybridized carbons (Fsp3) is 0.733. The third kappa shape index (κ3) is 5.63. The first-order chi connectivity index (χ1) is 9.19. The standard InChI is InChI=1S/C15H27N3O2/c1-11(2)12(3)13-9-17-18(10-13)8-7-16-14(19)20-15(4,5)6/h9-12H,7-8H2,1-6H3,(H,16,19). The van der Waals surface area contributed by atoms with E-state index in [0.29, 0.717) is 24.9 Å². The summed E-state index contributed by atoms with van der Waals surface area (Å²) in [4.78, 5) is 11.5. The Kier molecular flexibility index (Phi) is 5.60. The molecule has 0 bridgehead atoms. The molecule has 1 amide bonds. The molecule has 20 heavy (non-hydrogen) atoms. The molecule has 114 valence electrons. The fourth-order valence-corrected chi connectivity index (χ4v) is 1.71. The lowest BCUT2D eigenvalue weighted by molar-refractivity contribution is 0.0525. The first-order valence-corrected chi connectivity index (χ1v) is 7.18. The lowest BCUT2D eigenvalue weighted by Gasteiger charge is -2.19. The summed E-state index contributed by atoms with van der Waals surface area (Å²) in [5.74, 6) is 1.08. The van der Waals surface area contributed by atoms with Crippen molar-refractivity contribution in [3.63, 3.8) is 0 Å². The van der Waals surface area contributed by atoms with Crippen LogP contribution in [0.15, 0.2) is 12.4 Å². The molecule has 1 aromatic heterocycles. The van der Waals surface area contributed by atoms with Crippen LogP contribution < -0.4 is 5.32 Å².